The molecule has 0 radical (unpaired) electrons. The minimum Gasteiger partial charge on any atom is -0.496 e. The van der Waals surface area contributed by atoms with Crippen LogP contribution in [0.5, 0.6) is 5.75 Å². The van der Waals surface area contributed by atoms with Crippen molar-refractivity contribution in [1.29, 1.82) is 0 Å². The van der Waals surface area contributed by atoms with Crippen molar-refractivity contribution in [3.63, 3.8) is 0 Å². The van der Waals surface area contributed by atoms with Gasteiger partial charge in [-0.1, -0.05) is 12.1 Å². The molecular weight excluding hydrogens is 147 g/mol. The van der Waals surface area contributed by atoms with Crippen LogP contribution in [0.2, 0.25) is 0 Å². The van der Waals surface area contributed by atoms with Crippen LogP contribution in [0.25, 0.3) is 0 Å². The predicted octanol–water partition coefficient (Wildman–Crippen LogP) is 1.80. The molecule has 3 heteroatoms. The third-order valence-corrected chi connectivity index (χ3v) is 1.32. The van der Waals surface area contributed by atoms with E-state index in [0.717, 1.165) is 0 Å². The Bertz CT molecular complexity index is 271. The Kier molecular flexibility index (Phi) is 2.21. The molecule has 0 aliphatic rings. The molecule has 0 heterocycles. The number of rotatable bonds is 2. The smallest absolute Gasteiger partial charge is 0.335 e. The number of hydrogen-bond donors (Lipinski definition) is 0. The second kappa shape index (κ2) is 3.14. The van der Waals surface area contributed by atoms with Gasteiger partial charge in [0.25, 0.3) is 0 Å². The molecule has 0 saturated carbocycles. The summed E-state index contributed by atoms with van der Waals surface area (Å²) in [5, 5.41) is 0. The average Bonchev–Trinajstić information content (AvgIpc) is 2.04. The van der Waals surface area contributed by atoms with Crippen LogP contribution in [0.4, 0.5) is 4.39 Å². The molecule has 2 nitrogen and oxygen atoms in total. The van der Waals surface area contributed by atoms with Crippen LogP contribution in [0.1, 0.15) is 10.4 Å². The van der Waals surface area contributed by atoms with Gasteiger partial charge in [-0.3, -0.25) is 4.79 Å². The number of methoxy groups -OCH3 is 1. The van der Waals surface area contributed by atoms with E-state index in [2.05, 4.69) is 0 Å². The Morgan fingerprint density at radius 3 is 2.55 bits per heavy atom. The fraction of sp³-hybridized carbons (Fsp3) is 0.125. The molecule has 0 amide bonds. The van der Waals surface area contributed by atoms with Crippen LogP contribution in [-0.4, -0.2) is 13.1 Å². The monoisotopic (exact) mass is 154 g/mol. The topological polar surface area (TPSA) is 26.3 Å². The number of halogens is 1. The average molecular weight is 154 g/mol. The molecule has 11 heavy (non-hydrogen) atoms. The summed E-state index contributed by atoms with van der Waals surface area (Å²) >= 11 is 0. The summed E-state index contributed by atoms with van der Waals surface area (Å²) in [6, 6.07) is 4.69. The zero-order chi connectivity index (χ0) is 8.27. The summed E-state index contributed by atoms with van der Waals surface area (Å²) in [7, 11) is 1.39. The minimum absolute atomic E-state index is 0.0324. The summed E-state index contributed by atoms with van der Waals surface area (Å²) in [6.45, 7) is 0. The molecule has 0 aliphatic carbocycles. The lowest BCUT2D eigenvalue weighted by Crippen LogP contribution is -1.94. The highest BCUT2D eigenvalue weighted by molar-refractivity contribution is 5.91. The predicted molar refractivity (Wildman–Crippen MR) is 38.4 cm³/mol. The Morgan fingerprint density at radius 2 is 2.09 bits per heavy atom. The van der Waals surface area contributed by atoms with Gasteiger partial charge in [-0.15, -0.1) is 0 Å². The molecule has 0 saturated heterocycles. The van der Waals surface area contributed by atoms with E-state index < -0.39 is 6.04 Å². The molecule has 58 valence electrons. The maximum absolute atomic E-state index is 12.2. The van der Waals surface area contributed by atoms with E-state index >= 15 is 0 Å². The fourth-order valence-electron chi connectivity index (χ4n) is 0.807. The summed E-state index contributed by atoms with van der Waals surface area (Å²) in [5.41, 5.74) is -0.0324. The van der Waals surface area contributed by atoms with Crippen LogP contribution < -0.4 is 4.74 Å². The van der Waals surface area contributed by atoms with Gasteiger partial charge < -0.3 is 4.74 Å². The van der Waals surface area contributed by atoms with Gasteiger partial charge in [0.1, 0.15) is 5.75 Å². The fourth-order valence-corrected chi connectivity index (χ4v) is 0.807. The Labute approximate surface area is 63.6 Å². The Balaban J connectivity index is 3.12. The molecule has 0 unspecified atom stereocenters. The van der Waals surface area contributed by atoms with Crippen molar-refractivity contribution < 1.29 is 13.9 Å². The molecule has 0 aliphatic heterocycles. The van der Waals surface area contributed by atoms with E-state index in [9.17, 15) is 9.18 Å². The highest BCUT2D eigenvalue weighted by atomic mass is 19.1. The second-order valence-corrected chi connectivity index (χ2v) is 1.97. The van der Waals surface area contributed by atoms with Crippen LogP contribution in [0.15, 0.2) is 24.3 Å². The van der Waals surface area contributed by atoms with Crippen molar-refractivity contribution in [3.05, 3.63) is 29.8 Å². The summed E-state index contributed by atoms with van der Waals surface area (Å²) in [6.07, 6.45) is 0. The summed E-state index contributed by atoms with van der Waals surface area (Å²) in [5.74, 6) is 0.264. The molecule has 0 fully saturated rings. The standard InChI is InChI=1S/C8H7FO2/c1-11-7-5-3-2-4-6(7)8(9)10/h2-5H,1H3. The van der Waals surface area contributed by atoms with Gasteiger partial charge in [0.2, 0.25) is 0 Å². The van der Waals surface area contributed by atoms with E-state index in [1.165, 1.54) is 19.2 Å². The largest absolute Gasteiger partial charge is 0.496 e. The van der Waals surface area contributed by atoms with E-state index in [1.807, 2.05) is 0 Å². The number of carbonyl (C=O) groups is 1. The van der Waals surface area contributed by atoms with Gasteiger partial charge in [-0.2, -0.15) is 4.39 Å². The maximum Gasteiger partial charge on any atom is 0.335 e. The molecule has 1 aromatic rings. The minimum atomic E-state index is -1.47. The van der Waals surface area contributed by atoms with E-state index in [-0.39, 0.29) is 11.3 Å². The lowest BCUT2D eigenvalue weighted by molar-refractivity contribution is 0.0832. The van der Waals surface area contributed by atoms with E-state index in [0.29, 0.717) is 0 Å². The van der Waals surface area contributed by atoms with E-state index in [1.54, 1.807) is 12.1 Å². The number of carbonyl (C=O) groups excluding carboxylic acids is 1. The first-order valence-corrected chi connectivity index (χ1v) is 3.08. The van der Waals surface area contributed by atoms with Crippen molar-refractivity contribution in [2.75, 3.05) is 7.11 Å². The zero-order valence-corrected chi connectivity index (χ0v) is 6.00. The number of para-hydroxylation sites is 1. The Morgan fingerprint density at radius 1 is 1.45 bits per heavy atom. The highest BCUT2D eigenvalue weighted by Gasteiger charge is 2.08. The van der Waals surface area contributed by atoms with Gasteiger partial charge in [-0.05, 0) is 12.1 Å². The first-order chi connectivity index (χ1) is 5.25. The normalized spacial score (nSPS) is 9.27. The number of hydrogen-bond acceptors (Lipinski definition) is 2. The number of ether oxygens (including phenoxy) is 1. The van der Waals surface area contributed by atoms with Crippen molar-refractivity contribution in [3.8, 4) is 5.75 Å². The van der Waals surface area contributed by atoms with Gasteiger partial charge in [0.15, 0.2) is 0 Å². The van der Waals surface area contributed by atoms with E-state index in [4.69, 9.17) is 4.74 Å². The zero-order valence-electron chi connectivity index (χ0n) is 6.00. The first kappa shape index (κ1) is 7.72. The summed E-state index contributed by atoms with van der Waals surface area (Å²) in [4.78, 5) is 10.3. The van der Waals surface area contributed by atoms with Crippen LogP contribution in [0, 0.1) is 0 Å². The lowest BCUT2D eigenvalue weighted by Gasteiger charge is -2.01. The maximum atomic E-state index is 12.2. The van der Waals surface area contributed by atoms with Gasteiger partial charge in [0, 0.05) is 0 Å². The second-order valence-electron chi connectivity index (χ2n) is 1.97. The van der Waals surface area contributed by atoms with Crippen LogP contribution in [0.3, 0.4) is 0 Å². The third-order valence-electron chi connectivity index (χ3n) is 1.32. The van der Waals surface area contributed by atoms with Crippen molar-refractivity contribution in [2.45, 2.75) is 0 Å². The van der Waals surface area contributed by atoms with Crippen molar-refractivity contribution in [2.24, 2.45) is 0 Å². The molecule has 1 rings (SSSR count). The quantitative estimate of drug-likeness (QED) is 0.607. The van der Waals surface area contributed by atoms with Gasteiger partial charge in [0.05, 0.1) is 12.7 Å². The molecule has 0 spiro atoms. The van der Waals surface area contributed by atoms with Crippen LogP contribution in [-0.2, 0) is 0 Å². The molecular formula is C8H7FO2. The lowest BCUT2D eigenvalue weighted by atomic mass is 10.2. The van der Waals surface area contributed by atoms with Gasteiger partial charge >= 0.3 is 6.04 Å². The molecule has 0 bridgehead atoms. The Hall–Kier alpha value is -1.38. The third kappa shape index (κ3) is 1.55. The molecule has 0 atom stereocenters. The molecule has 0 N–H and O–H groups in total. The highest BCUT2D eigenvalue weighted by Crippen LogP contribution is 2.17. The SMILES string of the molecule is COc1ccccc1C(=O)F. The van der Waals surface area contributed by atoms with Crippen molar-refractivity contribution in [1.82, 2.24) is 0 Å². The van der Waals surface area contributed by atoms with Crippen molar-refractivity contribution >= 4 is 6.04 Å². The molecule has 0 aromatic heterocycles. The first-order valence-electron chi connectivity index (χ1n) is 3.08. The van der Waals surface area contributed by atoms with Crippen LogP contribution >= 0.6 is 0 Å². The summed E-state index contributed by atoms with van der Waals surface area (Å²) < 4.78 is 16.9. The number of benzene rings is 1. The molecule has 1 aromatic carbocycles. The van der Waals surface area contributed by atoms with Gasteiger partial charge in [-0.25, -0.2) is 0 Å².